The highest BCUT2D eigenvalue weighted by molar-refractivity contribution is 6.31. The van der Waals surface area contributed by atoms with Crippen LogP contribution in [-0.2, 0) is 9.53 Å². The Balaban J connectivity index is 2.03. The van der Waals surface area contributed by atoms with Crippen LogP contribution in [-0.4, -0.2) is 56.6 Å². The van der Waals surface area contributed by atoms with Crippen LogP contribution in [0.3, 0.4) is 0 Å². The maximum absolute atomic E-state index is 12.6. The summed E-state index contributed by atoms with van der Waals surface area (Å²) in [6.07, 6.45) is 2.02. The third-order valence-electron chi connectivity index (χ3n) is 3.65. The van der Waals surface area contributed by atoms with Crippen LogP contribution in [0.5, 0.6) is 0 Å². The Hall–Kier alpha value is -1.63. The molecule has 1 heterocycles. The third-order valence-corrected chi connectivity index (χ3v) is 3.88. The molecule has 1 aromatic carbocycles. The number of nitrogens with zero attached hydrogens (tertiary/aromatic N) is 1. The van der Waals surface area contributed by atoms with Crippen molar-refractivity contribution in [3.8, 4) is 0 Å². The molecule has 0 bridgehead atoms. The van der Waals surface area contributed by atoms with Crippen molar-refractivity contribution in [2.45, 2.75) is 12.8 Å². The molecule has 2 rings (SSSR count). The molecule has 0 saturated carbocycles. The lowest BCUT2D eigenvalue weighted by atomic mass is 10.1. The lowest BCUT2D eigenvalue weighted by molar-refractivity contribution is -0.115. The molecule has 23 heavy (non-hydrogen) atoms. The van der Waals surface area contributed by atoms with E-state index in [9.17, 15) is 9.59 Å². The number of hydrogen-bond acceptors (Lipinski definition) is 4. The highest BCUT2D eigenvalue weighted by Gasteiger charge is 2.22. The lowest BCUT2D eigenvalue weighted by Crippen LogP contribution is -2.32. The second kappa shape index (κ2) is 8.86. The smallest absolute Gasteiger partial charge is 0.256 e. The Kier molecular flexibility index (Phi) is 6.83. The summed E-state index contributed by atoms with van der Waals surface area (Å²) in [4.78, 5) is 26.4. The molecule has 2 N–H and O–H groups in total. The second-order valence-corrected chi connectivity index (χ2v) is 5.84. The zero-order valence-corrected chi connectivity index (χ0v) is 14.0. The molecule has 1 aliphatic rings. The Morgan fingerprint density at radius 1 is 1.30 bits per heavy atom. The first-order chi connectivity index (χ1) is 11.1. The second-order valence-electron chi connectivity index (χ2n) is 5.41. The van der Waals surface area contributed by atoms with Gasteiger partial charge in [-0.2, -0.15) is 0 Å². The standard InChI is InChI=1S/C16H22ClN3O3/c1-23-9-6-18-11-15(21)19-14-5-4-12(17)10-13(14)16(22)20-7-2-3-8-20/h4-5,10,18H,2-3,6-9,11H2,1H3,(H,19,21). The van der Waals surface area contributed by atoms with Crippen molar-refractivity contribution in [3.63, 3.8) is 0 Å². The average Bonchev–Trinajstić information content (AvgIpc) is 3.07. The van der Waals surface area contributed by atoms with E-state index in [2.05, 4.69) is 10.6 Å². The van der Waals surface area contributed by atoms with Gasteiger partial charge < -0.3 is 20.3 Å². The topological polar surface area (TPSA) is 70.7 Å². The molecule has 0 unspecified atom stereocenters. The van der Waals surface area contributed by atoms with Crippen molar-refractivity contribution in [2.75, 3.05) is 45.2 Å². The molecular formula is C16H22ClN3O3. The van der Waals surface area contributed by atoms with Gasteiger partial charge in [0.05, 0.1) is 24.4 Å². The summed E-state index contributed by atoms with van der Waals surface area (Å²) in [6, 6.07) is 4.94. The van der Waals surface area contributed by atoms with Gasteiger partial charge in [0.2, 0.25) is 5.91 Å². The van der Waals surface area contributed by atoms with Crippen LogP contribution in [0.25, 0.3) is 0 Å². The summed E-state index contributed by atoms with van der Waals surface area (Å²) in [5, 5.41) is 6.21. The molecule has 0 atom stereocenters. The number of carbonyl (C=O) groups excluding carboxylic acids is 2. The molecule has 1 saturated heterocycles. The summed E-state index contributed by atoms with van der Waals surface area (Å²) in [6.45, 7) is 2.77. The van der Waals surface area contributed by atoms with Crippen molar-refractivity contribution in [1.82, 2.24) is 10.2 Å². The van der Waals surface area contributed by atoms with Crippen LogP contribution in [0.2, 0.25) is 5.02 Å². The zero-order valence-electron chi connectivity index (χ0n) is 13.2. The number of carbonyl (C=O) groups is 2. The summed E-state index contributed by atoms with van der Waals surface area (Å²) >= 11 is 6.01. The summed E-state index contributed by atoms with van der Waals surface area (Å²) in [5.74, 6) is -0.300. The predicted octanol–water partition coefficient (Wildman–Crippen LogP) is 1.75. The number of ether oxygens (including phenoxy) is 1. The van der Waals surface area contributed by atoms with E-state index < -0.39 is 0 Å². The zero-order chi connectivity index (χ0) is 16.7. The van der Waals surface area contributed by atoms with Crippen LogP contribution in [0, 0.1) is 0 Å². The van der Waals surface area contributed by atoms with E-state index in [1.54, 1.807) is 30.2 Å². The fourth-order valence-corrected chi connectivity index (χ4v) is 2.64. The van der Waals surface area contributed by atoms with Gasteiger partial charge in [-0.1, -0.05) is 11.6 Å². The van der Waals surface area contributed by atoms with E-state index in [-0.39, 0.29) is 18.4 Å². The van der Waals surface area contributed by atoms with E-state index in [0.717, 1.165) is 25.9 Å². The minimum atomic E-state index is -0.209. The molecule has 0 spiro atoms. The molecule has 126 valence electrons. The van der Waals surface area contributed by atoms with Crippen LogP contribution in [0.15, 0.2) is 18.2 Å². The lowest BCUT2D eigenvalue weighted by Gasteiger charge is -2.18. The first kappa shape index (κ1) is 17.7. The maximum Gasteiger partial charge on any atom is 0.256 e. The highest BCUT2D eigenvalue weighted by Crippen LogP contribution is 2.24. The fraction of sp³-hybridized carbons (Fsp3) is 0.500. The SMILES string of the molecule is COCCNCC(=O)Nc1ccc(Cl)cc1C(=O)N1CCCC1. The highest BCUT2D eigenvalue weighted by atomic mass is 35.5. The monoisotopic (exact) mass is 339 g/mol. The van der Waals surface area contributed by atoms with Gasteiger partial charge in [0.15, 0.2) is 0 Å². The number of halogens is 1. The van der Waals surface area contributed by atoms with Crippen molar-refractivity contribution < 1.29 is 14.3 Å². The van der Waals surface area contributed by atoms with Crippen molar-refractivity contribution >= 4 is 29.1 Å². The number of methoxy groups -OCH3 is 1. The van der Waals surface area contributed by atoms with Crippen LogP contribution < -0.4 is 10.6 Å². The minimum absolute atomic E-state index is 0.0901. The average molecular weight is 340 g/mol. The van der Waals surface area contributed by atoms with E-state index >= 15 is 0 Å². The summed E-state index contributed by atoms with van der Waals surface area (Å²) in [7, 11) is 1.60. The van der Waals surface area contributed by atoms with Gasteiger partial charge in [0, 0.05) is 31.8 Å². The van der Waals surface area contributed by atoms with Gasteiger partial charge in [0.25, 0.3) is 5.91 Å². The molecule has 1 aliphatic heterocycles. The number of amides is 2. The largest absolute Gasteiger partial charge is 0.383 e. The van der Waals surface area contributed by atoms with E-state index in [1.165, 1.54) is 0 Å². The number of benzene rings is 1. The van der Waals surface area contributed by atoms with Gasteiger partial charge in [-0.05, 0) is 31.0 Å². The number of anilines is 1. The molecule has 0 radical (unpaired) electrons. The van der Waals surface area contributed by atoms with Gasteiger partial charge in [-0.3, -0.25) is 9.59 Å². The number of rotatable bonds is 7. The number of hydrogen-bond donors (Lipinski definition) is 2. The van der Waals surface area contributed by atoms with Crippen molar-refractivity contribution in [3.05, 3.63) is 28.8 Å². The maximum atomic E-state index is 12.6. The van der Waals surface area contributed by atoms with E-state index in [4.69, 9.17) is 16.3 Å². The van der Waals surface area contributed by atoms with Crippen molar-refractivity contribution in [2.24, 2.45) is 0 Å². The third kappa shape index (κ3) is 5.20. The van der Waals surface area contributed by atoms with Gasteiger partial charge in [0.1, 0.15) is 0 Å². The predicted molar refractivity (Wildman–Crippen MR) is 90.0 cm³/mol. The Bertz CT molecular complexity index is 560. The number of nitrogens with one attached hydrogen (secondary N) is 2. The van der Waals surface area contributed by atoms with Crippen molar-refractivity contribution in [1.29, 1.82) is 0 Å². The molecule has 7 heteroatoms. The van der Waals surface area contributed by atoms with Crippen LogP contribution in [0.4, 0.5) is 5.69 Å². The van der Waals surface area contributed by atoms with E-state index in [0.29, 0.717) is 29.4 Å². The minimum Gasteiger partial charge on any atom is -0.383 e. The normalized spacial score (nSPS) is 14.1. The van der Waals surface area contributed by atoms with Gasteiger partial charge >= 0.3 is 0 Å². The number of likely N-dealkylation sites (tertiary alicyclic amines) is 1. The molecule has 0 aliphatic carbocycles. The Morgan fingerprint density at radius 3 is 2.74 bits per heavy atom. The van der Waals surface area contributed by atoms with E-state index in [1.807, 2.05) is 0 Å². The van der Waals surface area contributed by atoms with Crippen LogP contribution >= 0.6 is 11.6 Å². The first-order valence-corrected chi connectivity index (χ1v) is 8.08. The summed E-state index contributed by atoms with van der Waals surface area (Å²) < 4.78 is 4.90. The first-order valence-electron chi connectivity index (χ1n) is 7.70. The molecule has 6 nitrogen and oxygen atoms in total. The molecule has 1 fully saturated rings. The van der Waals surface area contributed by atoms with Crippen LogP contribution in [0.1, 0.15) is 23.2 Å². The molecule has 1 aromatic rings. The van der Waals surface area contributed by atoms with Gasteiger partial charge in [-0.25, -0.2) is 0 Å². The van der Waals surface area contributed by atoms with Gasteiger partial charge in [-0.15, -0.1) is 0 Å². The quantitative estimate of drug-likeness (QED) is 0.742. The molecule has 0 aromatic heterocycles. The Morgan fingerprint density at radius 2 is 2.04 bits per heavy atom. The molecule has 2 amide bonds. The summed E-state index contributed by atoms with van der Waals surface area (Å²) in [5.41, 5.74) is 0.925. The molecular weight excluding hydrogens is 318 g/mol. The Labute approximate surface area is 141 Å². The fourth-order valence-electron chi connectivity index (χ4n) is 2.46.